The van der Waals surface area contributed by atoms with Gasteiger partial charge < -0.3 is 10.1 Å². The Balaban J connectivity index is 1.98. The summed E-state index contributed by atoms with van der Waals surface area (Å²) in [6.07, 6.45) is 4.79. The van der Waals surface area contributed by atoms with Crippen LogP contribution in [0.25, 0.3) is 0 Å². The summed E-state index contributed by atoms with van der Waals surface area (Å²) in [5, 5.41) is 3.06. The van der Waals surface area contributed by atoms with Crippen LogP contribution in [0.2, 0.25) is 0 Å². The first kappa shape index (κ1) is 14.1. The maximum atomic E-state index is 12.1. The van der Waals surface area contributed by atoms with Crippen LogP contribution in [0.1, 0.15) is 43.7 Å². The zero-order valence-corrected chi connectivity index (χ0v) is 11.9. The summed E-state index contributed by atoms with van der Waals surface area (Å²) in [5.41, 5.74) is 3.29. The number of para-hydroxylation sites is 1. The first-order valence-corrected chi connectivity index (χ1v) is 7.20. The molecule has 0 saturated carbocycles. The van der Waals surface area contributed by atoms with Gasteiger partial charge in [-0.2, -0.15) is 0 Å². The van der Waals surface area contributed by atoms with Gasteiger partial charge in [0.1, 0.15) is 0 Å². The lowest BCUT2D eigenvalue weighted by Gasteiger charge is -2.22. The van der Waals surface area contributed by atoms with Crippen molar-refractivity contribution in [2.45, 2.75) is 52.1 Å². The highest BCUT2D eigenvalue weighted by Crippen LogP contribution is 2.22. The molecule has 1 aromatic carbocycles. The van der Waals surface area contributed by atoms with Crippen LogP contribution < -0.4 is 5.32 Å². The van der Waals surface area contributed by atoms with Crippen LogP contribution in [0.5, 0.6) is 0 Å². The minimum absolute atomic E-state index is 0.0656. The van der Waals surface area contributed by atoms with Crippen molar-refractivity contribution in [2.75, 3.05) is 11.9 Å². The molecule has 1 fully saturated rings. The standard InChI is InChI=1S/C16H23NO2/c1-3-13-8-6-7-12(2)16(13)17-15(18)11-14-9-4-5-10-19-14/h6-8,14H,3-5,9-11H2,1-2H3,(H,17,18). The third kappa shape index (κ3) is 3.80. The van der Waals surface area contributed by atoms with E-state index in [-0.39, 0.29) is 12.0 Å². The molecule has 2 rings (SSSR count). The van der Waals surface area contributed by atoms with Crippen LogP contribution in [0, 0.1) is 6.92 Å². The van der Waals surface area contributed by atoms with Gasteiger partial charge in [-0.15, -0.1) is 0 Å². The molecule has 104 valence electrons. The van der Waals surface area contributed by atoms with Crippen LogP contribution in [0.4, 0.5) is 5.69 Å². The van der Waals surface area contributed by atoms with Crippen molar-refractivity contribution >= 4 is 11.6 Å². The van der Waals surface area contributed by atoms with Gasteiger partial charge in [0, 0.05) is 12.3 Å². The van der Waals surface area contributed by atoms with Crippen LogP contribution in [-0.2, 0) is 16.0 Å². The van der Waals surface area contributed by atoms with Crippen molar-refractivity contribution in [3.8, 4) is 0 Å². The maximum absolute atomic E-state index is 12.1. The van der Waals surface area contributed by atoms with Crippen molar-refractivity contribution in [1.82, 2.24) is 0 Å². The molecule has 1 N–H and O–H groups in total. The summed E-state index contributed by atoms with van der Waals surface area (Å²) in [6.45, 7) is 4.93. The average molecular weight is 261 g/mol. The van der Waals surface area contributed by atoms with E-state index in [1.807, 2.05) is 19.1 Å². The Morgan fingerprint density at radius 1 is 1.42 bits per heavy atom. The second-order valence-corrected chi connectivity index (χ2v) is 5.20. The Bertz CT molecular complexity index is 436. The molecule has 0 radical (unpaired) electrons. The highest BCUT2D eigenvalue weighted by molar-refractivity contribution is 5.92. The summed E-state index contributed by atoms with van der Waals surface area (Å²) >= 11 is 0. The number of ether oxygens (including phenoxy) is 1. The highest BCUT2D eigenvalue weighted by Gasteiger charge is 2.18. The van der Waals surface area contributed by atoms with Gasteiger partial charge in [-0.3, -0.25) is 4.79 Å². The Morgan fingerprint density at radius 3 is 2.95 bits per heavy atom. The van der Waals surface area contributed by atoms with Crippen LogP contribution in [0.3, 0.4) is 0 Å². The van der Waals surface area contributed by atoms with Gasteiger partial charge >= 0.3 is 0 Å². The Morgan fingerprint density at radius 2 is 2.26 bits per heavy atom. The number of anilines is 1. The van der Waals surface area contributed by atoms with E-state index in [0.717, 1.165) is 37.1 Å². The normalized spacial score (nSPS) is 19.2. The number of benzene rings is 1. The monoisotopic (exact) mass is 261 g/mol. The molecule has 0 bridgehead atoms. The van der Waals surface area contributed by atoms with Gasteiger partial charge in [-0.1, -0.05) is 25.1 Å². The number of carbonyl (C=O) groups is 1. The average Bonchev–Trinajstić information content (AvgIpc) is 2.42. The summed E-state index contributed by atoms with van der Waals surface area (Å²) < 4.78 is 5.61. The van der Waals surface area contributed by atoms with Gasteiger partial charge in [-0.05, 0) is 43.7 Å². The van der Waals surface area contributed by atoms with Crippen molar-refractivity contribution in [3.05, 3.63) is 29.3 Å². The molecule has 1 saturated heterocycles. The first-order chi connectivity index (χ1) is 9.20. The van der Waals surface area contributed by atoms with E-state index in [1.54, 1.807) is 0 Å². The summed E-state index contributed by atoms with van der Waals surface area (Å²) in [5.74, 6) is 0.0656. The molecular formula is C16H23NO2. The number of aryl methyl sites for hydroxylation is 2. The van der Waals surface area contributed by atoms with Crippen LogP contribution in [0.15, 0.2) is 18.2 Å². The Kier molecular flexibility index (Phi) is 4.97. The fourth-order valence-electron chi connectivity index (χ4n) is 2.57. The summed E-state index contributed by atoms with van der Waals surface area (Å²) in [6, 6.07) is 6.14. The molecule has 1 aliphatic heterocycles. The Labute approximate surface area is 115 Å². The van der Waals surface area contributed by atoms with E-state index in [1.165, 1.54) is 12.0 Å². The number of amides is 1. The van der Waals surface area contributed by atoms with Crippen molar-refractivity contribution in [3.63, 3.8) is 0 Å². The molecule has 1 amide bonds. The molecule has 0 spiro atoms. The fourth-order valence-corrected chi connectivity index (χ4v) is 2.57. The molecule has 3 heteroatoms. The van der Waals surface area contributed by atoms with Gasteiger partial charge in [0.25, 0.3) is 0 Å². The molecule has 1 aliphatic rings. The zero-order chi connectivity index (χ0) is 13.7. The van der Waals surface area contributed by atoms with Crippen molar-refractivity contribution in [1.29, 1.82) is 0 Å². The van der Waals surface area contributed by atoms with Crippen LogP contribution in [-0.4, -0.2) is 18.6 Å². The lowest BCUT2D eigenvalue weighted by Crippen LogP contribution is -2.26. The molecular weight excluding hydrogens is 238 g/mol. The molecule has 19 heavy (non-hydrogen) atoms. The third-order valence-electron chi connectivity index (χ3n) is 3.69. The SMILES string of the molecule is CCc1cccc(C)c1NC(=O)CC1CCCCO1. The van der Waals surface area contributed by atoms with E-state index in [4.69, 9.17) is 4.74 Å². The topological polar surface area (TPSA) is 38.3 Å². The molecule has 1 heterocycles. The van der Waals surface area contributed by atoms with E-state index in [9.17, 15) is 4.79 Å². The quantitative estimate of drug-likeness (QED) is 0.901. The number of hydrogen-bond donors (Lipinski definition) is 1. The van der Waals surface area contributed by atoms with Gasteiger partial charge in [0.2, 0.25) is 5.91 Å². The first-order valence-electron chi connectivity index (χ1n) is 7.20. The number of rotatable bonds is 4. The number of nitrogens with one attached hydrogen (secondary N) is 1. The lowest BCUT2D eigenvalue weighted by atomic mass is 10.0. The summed E-state index contributed by atoms with van der Waals surface area (Å²) in [4.78, 5) is 12.1. The minimum atomic E-state index is 0.0656. The van der Waals surface area contributed by atoms with Gasteiger partial charge in [-0.25, -0.2) is 0 Å². The van der Waals surface area contributed by atoms with Crippen LogP contribution >= 0.6 is 0 Å². The van der Waals surface area contributed by atoms with Crippen molar-refractivity contribution in [2.24, 2.45) is 0 Å². The smallest absolute Gasteiger partial charge is 0.227 e. The van der Waals surface area contributed by atoms with Gasteiger partial charge in [0.05, 0.1) is 12.5 Å². The number of hydrogen-bond acceptors (Lipinski definition) is 2. The second kappa shape index (κ2) is 6.71. The summed E-state index contributed by atoms with van der Waals surface area (Å²) in [7, 11) is 0. The number of carbonyl (C=O) groups excluding carboxylic acids is 1. The molecule has 1 unspecified atom stereocenters. The Hall–Kier alpha value is -1.35. The lowest BCUT2D eigenvalue weighted by molar-refractivity contribution is -0.119. The van der Waals surface area contributed by atoms with Gasteiger partial charge in [0.15, 0.2) is 0 Å². The molecule has 0 aromatic heterocycles. The fraction of sp³-hybridized carbons (Fsp3) is 0.562. The predicted octanol–water partition coefficient (Wildman–Crippen LogP) is 3.46. The minimum Gasteiger partial charge on any atom is -0.378 e. The predicted molar refractivity (Wildman–Crippen MR) is 77.4 cm³/mol. The van der Waals surface area contributed by atoms with E-state index < -0.39 is 0 Å². The van der Waals surface area contributed by atoms with E-state index in [0.29, 0.717) is 6.42 Å². The highest BCUT2D eigenvalue weighted by atomic mass is 16.5. The van der Waals surface area contributed by atoms with Crippen molar-refractivity contribution < 1.29 is 9.53 Å². The third-order valence-corrected chi connectivity index (χ3v) is 3.69. The molecule has 1 atom stereocenters. The largest absolute Gasteiger partial charge is 0.378 e. The molecule has 0 aliphatic carbocycles. The molecule has 1 aromatic rings. The second-order valence-electron chi connectivity index (χ2n) is 5.20. The van der Waals surface area contributed by atoms with E-state index in [2.05, 4.69) is 18.3 Å². The maximum Gasteiger partial charge on any atom is 0.227 e. The van der Waals surface area contributed by atoms with E-state index >= 15 is 0 Å². The zero-order valence-electron chi connectivity index (χ0n) is 11.9. The molecule has 3 nitrogen and oxygen atoms in total.